The molecule has 5 rings (SSSR count). The van der Waals surface area contributed by atoms with E-state index in [0.29, 0.717) is 27.8 Å². The second-order valence-electron chi connectivity index (χ2n) is 8.31. The first kappa shape index (κ1) is 22.1. The van der Waals surface area contributed by atoms with Gasteiger partial charge >= 0.3 is 5.97 Å². The predicted octanol–water partition coefficient (Wildman–Crippen LogP) is 3.24. The number of hydrogen-bond acceptors (Lipinski definition) is 7. The maximum Gasteiger partial charge on any atom is 0.340 e. The monoisotopic (exact) mass is 468 g/mol. The Kier molecular flexibility index (Phi) is 5.24. The van der Waals surface area contributed by atoms with E-state index < -0.39 is 18.0 Å². The Morgan fingerprint density at radius 1 is 0.971 bits per heavy atom. The quantitative estimate of drug-likeness (QED) is 0.402. The van der Waals surface area contributed by atoms with E-state index in [1.165, 1.54) is 31.3 Å². The van der Waals surface area contributed by atoms with Gasteiger partial charge < -0.3 is 10.1 Å². The number of hydrogen-bond donors (Lipinski definition) is 1. The number of amides is 1. The zero-order valence-electron chi connectivity index (χ0n) is 19.2. The summed E-state index contributed by atoms with van der Waals surface area (Å²) in [5, 5.41) is 7.63. The van der Waals surface area contributed by atoms with Crippen molar-refractivity contribution in [3.63, 3.8) is 0 Å². The number of aryl methyl sites for hydroxylation is 2. The number of pyridine rings is 1. The number of rotatable bonds is 4. The molecule has 2 heterocycles. The van der Waals surface area contributed by atoms with E-state index in [1.54, 1.807) is 42.1 Å². The molecule has 0 saturated heterocycles. The van der Waals surface area contributed by atoms with Crippen molar-refractivity contribution in [2.75, 3.05) is 5.32 Å². The van der Waals surface area contributed by atoms with Crippen LogP contribution in [0.25, 0.3) is 11.0 Å². The van der Waals surface area contributed by atoms with Crippen LogP contribution in [-0.2, 0) is 16.6 Å². The van der Waals surface area contributed by atoms with Gasteiger partial charge in [-0.3, -0.25) is 19.1 Å². The van der Waals surface area contributed by atoms with E-state index >= 15 is 0 Å². The Morgan fingerprint density at radius 2 is 1.63 bits per heavy atom. The van der Waals surface area contributed by atoms with Gasteiger partial charge in [0.2, 0.25) is 0 Å². The van der Waals surface area contributed by atoms with Crippen LogP contribution in [0.3, 0.4) is 0 Å². The fourth-order valence-corrected chi connectivity index (χ4v) is 4.12. The first-order chi connectivity index (χ1) is 16.7. The number of carbonyl (C=O) groups is 4. The van der Waals surface area contributed by atoms with E-state index in [1.807, 2.05) is 6.92 Å². The highest BCUT2D eigenvalue weighted by molar-refractivity contribution is 6.28. The minimum Gasteiger partial charge on any atom is -0.449 e. The van der Waals surface area contributed by atoms with Crippen molar-refractivity contribution in [3.05, 3.63) is 88.2 Å². The Bertz CT molecular complexity index is 1570. The Balaban J connectivity index is 1.31. The van der Waals surface area contributed by atoms with Crippen LogP contribution in [0, 0.1) is 6.92 Å². The first-order valence-corrected chi connectivity index (χ1v) is 10.9. The number of esters is 1. The molecule has 2 aromatic carbocycles. The van der Waals surface area contributed by atoms with Crippen molar-refractivity contribution < 1.29 is 23.9 Å². The zero-order chi connectivity index (χ0) is 24.9. The van der Waals surface area contributed by atoms with E-state index in [-0.39, 0.29) is 28.3 Å². The molecule has 0 aliphatic heterocycles. The van der Waals surface area contributed by atoms with Gasteiger partial charge in [0.25, 0.3) is 5.91 Å². The Labute approximate surface area is 199 Å². The molecule has 174 valence electrons. The first-order valence-electron chi connectivity index (χ1n) is 10.9. The van der Waals surface area contributed by atoms with Crippen molar-refractivity contribution in [2.24, 2.45) is 7.05 Å². The molecule has 4 aromatic rings. The molecule has 1 N–H and O–H groups in total. The Morgan fingerprint density at radius 3 is 2.34 bits per heavy atom. The van der Waals surface area contributed by atoms with Crippen LogP contribution in [0.15, 0.2) is 54.7 Å². The molecular formula is C26H20N4O5. The SMILES string of the molecule is Cc1nn(C)c2ncc(C(=O)OC(C)C(=O)Nc3ccc4c(c3)C(=O)c3ccccc3C4=O)cc12. The molecule has 1 amide bonds. The third-order valence-corrected chi connectivity index (χ3v) is 5.94. The van der Waals surface area contributed by atoms with Gasteiger partial charge in [0.15, 0.2) is 23.3 Å². The molecule has 0 spiro atoms. The van der Waals surface area contributed by atoms with Gasteiger partial charge in [-0.15, -0.1) is 0 Å². The highest BCUT2D eigenvalue weighted by atomic mass is 16.5. The molecule has 9 nitrogen and oxygen atoms in total. The number of nitrogens with zero attached hydrogens (tertiary/aromatic N) is 3. The second kappa shape index (κ2) is 8.28. The molecule has 35 heavy (non-hydrogen) atoms. The lowest BCUT2D eigenvalue weighted by Crippen LogP contribution is -2.30. The van der Waals surface area contributed by atoms with Crippen LogP contribution >= 0.6 is 0 Å². The van der Waals surface area contributed by atoms with Crippen molar-refractivity contribution >= 4 is 40.2 Å². The molecule has 9 heteroatoms. The minimum atomic E-state index is -1.12. The van der Waals surface area contributed by atoms with E-state index in [4.69, 9.17) is 4.74 Å². The van der Waals surface area contributed by atoms with Gasteiger partial charge in [0.1, 0.15) is 0 Å². The summed E-state index contributed by atoms with van der Waals surface area (Å²) in [5.74, 6) is -1.82. The number of nitrogens with one attached hydrogen (secondary N) is 1. The van der Waals surface area contributed by atoms with E-state index in [2.05, 4.69) is 15.4 Å². The molecule has 1 aliphatic rings. The number of fused-ring (bicyclic) bond motifs is 3. The van der Waals surface area contributed by atoms with Gasteiger partial charge in [-0.05, 0) is 38.1 Å². The molecule has 0 bridgehead atoms. The average Bonchev–Trinajstić information content (AvgIpc) is 3.15. The van der Waals surface area contributed by atoms with Gasteiger partial charge in [-0.2, -0.15) is 5.10 Å². The maximum absolute atomic E-state index is 12.9. The highest BCUT2D eigenvalue weighted by Gasteiger charge is 2.30. The van der Waals surface area contributed by atoms with Gasteiger partial charge in [-0.25, -0.2) is 9.78 Å². The summed E-state index contributed by atoms with van der Waals surface area (Å²) in [7, 11) is 1.76. The number of ketones is 2. The van der Waals surface area contributed by atoms with Crippen LogP contribution in [0.4, 0.5) is 5.69 Å². The van der Waals surface area contributed by atoms with Crippen molar-refractivity contribution in [2.45, 2.75) is 20.0 Å². The zero-order valence-corrected chi connectivity index (χ0v) is 19.2. The predicted molar refractivity (Wildman–Crippen MR) is 127 cm³/mol. The van der Waals surface area contributed by atoms with Crippen LogP contribution in [-0.4, -0.2) is 44.3 Å². The minimum absolute atomic E-state index is 0.199. The number of anilines is 1. The summed E-state index contributed by atoms with van der Waals surface area (Å²) in [4.78, 5) is 55.2. The lowest BCUT2D eigenvalue weighted by atomic mass is 9.84. The van der Waals surface area contributed by atoms with Gasteiger partial charge in [-0.1, -0.05) is 24.3 Å². The molecular weight excluding hydrogens is 448 g/mol. The van der Waals surface area contributed by atoms with Crippen LogP contribution < -0.4 is 5.32 Å². The largest absolute Gasteiger partial charge is 0.449 e. The van der Waals surface area contributed by atoms with Crippen LogP contribution in [0.1, 0.15) is 54.8 Å². The topological polar surface area (TPSA) is 120 Å². The molecule has 0 fully saturated rings. The number of carbonyl (C=O) groups excluding carboxylic acids is 4. The van der Waals surface area contributed by atoms with Gasteiger partial charge in [0.05, 0.1) is 11.3 Å². The number of ether oxygens (including phenoxy) is 1. The number of aromatic nitrogens is 3. The standard InChI is InChI=1S/C26H20N4O5/c1-13-20-10-15(12-27-24(20)30(3)29-13)26(34)35-14(2)25(33)28-16-8-9-19-21(11-16)23(32)18-7-5-4-6-17(18)22(19)31/h4-12,14H,1-3H3,(H,28,33). The summed E-state index contributed by atoms with van der Waals surface area (Å²) in [6.07, 6.45) is 0.252. The summed E-state index contributed by atoms with van der Waals surface area (Å²) in [6.45, 7) is 3.25. The van der Waals surface area contributed by atoms with Crippen molar-refractivity contribution in [1.29, 1.82) is 0 Å². The van der Waals surface area contributed by atoms with E-state index in [9.17, 15) is 19.2 Å². The Hall–Kier alpha value is -4.66. The fraction of sp³-hybridized carbons (Fsp3) is 0.154. The summed E-state index contributed by atoms with van der Waals surface area (Å²) in [5.41, 5.74) is 3.03. The molecule has 0 radical (unpaired) electrons. The van der Waals surface area contributed by atoms with Crippen LogP contribution in [0.2, 0.25) is 0 Å². The highest BCUT2D eigenvalue weighted by Crippen LogP contribution is 2.29. The maximum atomic E-state index is 12.9. The molecule has 1 atom stereocenters. The van der Waals surface area contributed by atoms with Crippen molar-refractivity contribution in [1.82, 2.24) is 14.8 Å². The lowest BCUT2D eigenvalue weighted by molar-refractivity contribution is -0.123. The summed E-state index contributed by atoms with van der Waals surface area (Å²) in [6, 6.07) is 12.8. The molecule has 2 aromatic heterocycles. The lowest BCUT2D eigenvalue weighted by Gasteiger charge is -2.19. The molecule has 1 unspecified atom stereocenters. The second-order valence-corrected chi connectivity index (χ2v) is 8.31. The van der Waals surface area contributed by atoms with Gasteiger partial charge in [0, 0.05) is 46.6 Å². The molecule has 1 aliphatic carbocycles. The third kappa shape index (κ3) is 3.76. The fourth-order valence-electron chi connectivity index (χ4n) is 4.12. The van der Waals surface area contributed by atoms with E-state index in [0.717, 1.165) is 5.69 Å². The average molecular weight is 468 g/mol. The summed E-state index contributed by atoms with van der Waals surface area (Å²) >= 11 is 0. The third-order valence-electron chi connectivity index (χ3n) is 5.94. The van der Waals surface area contributed by atoms with Crippen molar-refractivity contribution in [3.8, 4) is 0 Å². The normalized spacial score (nSPS) is 13.2. The molecule has 0 saturated carbocycles. The summed E-state index contributed by atoms with van der Waals surface area (Å²) < 4.78 is 6.94. The number of benzene rings is 2. The smallest absolute Gasteiger partial charge is 0.340 e. The van der Waals surface area contributed by atoms with Crippen LogP contribution in [0.5, 0.6) is 0 Å².